The van der Waals surface area contributed by atoms with Crippen molar-refractivity contribution in [3.05, 3.63) is 59.5 Å². The molecule has 1 unspecified atom stereocenters. The Balaban J connectivity index is 1.47. The predicted molar refractivity (Wildman–Crippen MR) is 120 cm³/mol. The summed E-state index contributed by atoms with van der Waals surface area (Å²) >= 11 is 0. The summed E-state index contributed by atoms with van der Waals surface area (Å²) in [6.45, 7) is 3.15. The summed E-state index contributed by atoms with van der Waals surface area (Å²) < 4.78 is 43.0. The van der Waals surface area contributed by atoms with Crippen LogP contribution in [0.5, 0.6) is 5.75 Å². The monoisotopic (exact) mass is 487 g/mol. The number of carbonyl (C=O) groups is 1. The first kappa shape index (κ1) is 23.9. The molecule has 0 spiro atoms. The first-order valence-corrected chi connectivity index (χ1v) is 12.0. The maximum Gasteiger partial charge on any atom is 0.325 e. The Labute approximate surface area is 197 Å². The average Bonchev–Trinajstić information content (AvgIpc) is 3.46. The van der Waals surface area contributed by atoms with Gasteiger partial charge in [-0.3, -0.25) is 4.79 Å². The highest BCUT2D eigenvalue weighted by Gasteiger charge is 2.44. The molecule has 0 aliphatic carbocycles. The number of β-amino-alcohol motifs (C(OH)–C–C–N with tert-alkyl or cyclic N) is 1. The number of carbonyl (C=O) groups excluding carboxylic acids is 1. The lowest BCUT2D eigenvalue weighted by Crippen LogP contribution is -2.41. The fourth-order valence-corrected chi connectivity index (χ4v) is 5.41. The molecule has 1 N–H and O–H groups in total. The molecule has 4 rings (SSSR count). The zero-order valence-electron chi connectivity index (χ0n) is 19.0. The molecule has 0 saturated carbocycles. The Kier molecular flexibility index (Phi) is 6.69. The number of esters is 1. The van der Waals surface area contributed by atoms with Crippen LogP contribution in [0.1, 0.15) is 23.4 Å². The van der Waals surface area contributed by atoms with Crippen molar-refractivity contribution >= 4 is 16.0 Å². The van der Waals surface area contributed by atoms with Crippen LogP contribution in [0.2, 0.25) is 0 Å². The summed E-state index contributed by atoms with van der Waals surface area (Å²) in [5, 5.41) is 14.0. The third kappa shape index (κ3) is 4.81. The lowest BCUT2D eigenvalue weighted by atomic mass is 10.1. The summed E-state index contributed by atoms with van der Waals surface area (Å²) in [6, 6.07) is 10.6. The van der Waals surface area contributed by atoms with Gasteiger partial charge in [0.05, 0.1) is 18.1 Å². The van der Waals surface area contributed by atoms with Gasteiger partial charge in [-0.25, -0.2) is 8.42 Å². The van der Waals surface area contributed by atoms with Crippen LogP contribution in [-0.4, -0.2) is 59.7 Å². The third-order valence-electron chi connectivity index (χ3n) is 5.72. The zero-order chi connectivity index (χ0) is 24.5. The molecule has 1 saturated heterocycles. The summed E-state index contributed by atoms with van der Waals surface area (Å²) in [6.07, 6.45) is -1.05. The van der Waals surface area contributed by atoms with Gasteiger partial charge in [0.2, 0.25) is 15.8 Å². The quantitative estimate of drug-likeness (QED) is 0.498. The van der Waals surface area contributed by atoms with Gasteiger partial charge in [-0.15, -0.1) is 0 Å². The number of benzene rings is 2. The standard InChI is InChI=1S/C23H25N3O7S/c1-14-7-8-19(9-15(14)2)34(29,30)26-12-17(27)11-20(26)23(28)32-13-21-24-22(25-33-21)16-5-4-6-18(10-16)31-3/h4-10,17,20,27H,11-13H2,1-3H3/t17?,20-/m0/s1. The molecule has 1 fully saturated rings. The van der Waals surface area contributed by atoms with E-state index >= 15 is 0 Å². The number of aliphatic hydroxyl groups is 1. The van der Waals surface area contributed by atoms with Crippen molar-refractivity contribution in [2.24, 2.45) is 0 Å². The van der Waals surface area contributed by atoms with Crippen molar-refractivity contribution in [2.45, 2.75) is 43.9 Å². The molecule has 1 aliphatic heterocycles. The highest BCUT2D eigenvalue weighted by Crippen LogP contribution is 2.28. The molecule has 0 radical (unpaired) electrons. The second-order valence-corrected chi connectivity index (χ2v) is 9.97. The van der Waals surface area contributed by atoms with Crippen LogP contribution in [0, 0.1) is 13.8 Å². The summed E-state index contributed by atoms with van der Waals surface area (Å²) in [5.74, 6) is 0.165. The molecular weight excluding hydrogens is 462 g/mol. The topological polar surface area (TPSA) is 132 Å². The number of hydrogen-bond acceptors (Lipinski definition) is 9. The van der Waals surface area contributed by atoms with Gasteiger partial charge in [0, 0.05) is 18.5 Å². The Morgan fingerprint density at radius 1 is 1.21 bits per heavy atom. The Hall–Kier alpha value is -3.28. The van der Waals surface area contributed by atoms with Crippen LogP contribution in [-0.2, 0) is 26.2 Å². The smallest absolute Gasteiger partial charge is 0.325 e. The van der Waals surface area contributed by atoms with Crippen molar-refractivity contribution in [2.75, 3.05) is 13.7 Å². The maximum absolute atomic E-state index is 13.2. The van der Waals surface area contributed by atoms with Gasteiger partial charge in [-0.05, 0) is 49.2 Å². The van der Waals surface area contributed by atoms with Crippen LogP contribution < -0.4 is 4.74 Å². The highest BCUT2D eigenvalue weighted by atomic mass is 32.2. The normalized spacial score (nSPS) is 18.7. The summed E-state index contributed by atoms with van der Waals surface area (Å²) in [4.78, 5) is 17.1. The highest BCUT2D eigenvalue weighted by molar-refractivity contribution is 7.89. The molecule has 11 heteroatoms. The van der Waals surface area contributed by atoms with Crippen molar-refractivity contribution in [1.82, 2.24) is 14.4 Å². The summed E-state index contributed by atoms with van der Waals surface area (Å²) in [7, 11) is -2.47. The summed E-state index contributed by atoms with van der Waals surface area (Å²) in [5.41, 5.74) is 2.41. The molecule has 180 valence electrons. The Bertz CT molecular complexity index is 1310. The van der Waals surface area contributed by atoms with Gasteiger partial charge in [0.25, 0.3) is 5.89 Å². The number of hydrogen-bond donors (Lipinski definition) is 1. The molecule has 2 atom stereocenters. The number of rotatable bonds is 7. The van der Waals surface area contributed by atoms with Gasteiger partial charge in [-0.2, -0.15) is 9.29 Å². The minimum Gasteiger partial charge on any atom is -0.497 e. The molecule has 10 nitrogen and oxygen atoms in total. The molecule has 0 bridgehead atoms. The molecule has 2 heterocycles. The molecule has 34 heavy (non-hydrogen) atoms. The van der Waals surface area contributed by atoms with Crippen LogP contribution in [0.4, 0.5) is 0 Å². The number of sulfonamides is 1. The lowest BCUT2D eigenvalue weighted by Gasteiger charge is -2.22. The van der Waals surface area contributed by atoms with E-state index in [2.05, 4.69) is 10.1 Å². The second kappa shape index (κ2) is 9.53. The van der Waals surface area contributed by atoms with Crippen LogP contribution in [0.3, 0.4) is 0 Å². The van der Waals surface area contributed by atoms with Crippen LogP contribution >= 0.6 is 0 Å². The zero-order valence-corrected chi connectivity index (χ0v) is 19.8. The van der Waals surface area contributed by atoms with Gasteiger partial charge in [-0.1, -0.05) is 23.4 Å². The number of aliphatic hydroxyl groups excluding tert-OH is 1. The minimum absolute atomic E-state index is 0.0493. The fourth-order valence-electron chi connectivity index (χ4n) is 3.70. The van der Waals surface area contributed by atoms with Crippen molar-refractivity contribution < 1.29 is 32.3 Å². The molecule has 3 aromatic rings. The van der Waals surface area contributed by atoms with E-state index in [0.717, 1.165) is 15.4 Å². The number of ether oxygens (including phenoxy) is 2. The van der Waals surface area contributed by atoms with Gasteiger partial charge < -0.3 is 19.1 Å². The van der Waals surface area contributed by atoms with E-state index < -0.39 is 28.1 Å². The number of aryl methyl sites for hydroxylation is 2. The molecular formula is C23H25N3O7S. The second-order valence-electron chi connectivity index (χ2n) is 8.08. The number of nitrogens with zero attached hydrogens (tertiary/aromatic N) is 3. The maximum atomic E-state index is 13.2. The fraction of sp³-hybridized carbons (Fsp3) is 0.348. The Morgan fingerprint density at radius 2 is 2.00 bits per heavy atom. The van der Waals surface area contributed by atoms with Crippen LogP contribution in [0.15, 0.2) is 51.9 Å². The largest absolute Gasteiger partial charge is 0.497 e. The first-order valence-electron chi connectivity index (χ1n) is 10.6. The van der Waals surface area contributed by atoms with E-state index in [-0.39, 0.29) is 30.4 Å². The molecule has 2 aromatic carbocycles. The van der Waals surface area contributed by atoms with E-state index in [1.165, 1.54) is 6.07 Å². The Morgan fingerprint density at radius 3 is 2.74 bits per heavy atom. The third-order valence-corrected chi connectivity index (χ3v) is 7.60. The van der Waals surface area contributed by atoms with E-state index in [1.54, 1.807) is 43.5 Å². The average molecular weight is 488 g/mol. The SMILES string of the molecule is COc1cccc(-c2noc(COC(=O)[C@@H]3CC(O)CN3S(=O)(=O)c3ccc(C)c(C)c3)n2)c1. The van der Waals surface area contributed by atoms with Crippen molar-refractivity contribution in [1.29, 1.82) is 0 Å². The minimum atomic E-state index is -4.02. The van der Waals surface area contributed by atoms with E-state index in [4.69, 9.17) is 14.0 Å². The van der Waals surface area contributed by atoms with E-state index in [1.807, 2.05) is 13.8 Å². The predicted octanol–water partition coefficient (Wildman–Crippen LogP) is 2.23. The van der Waals surface area contributed by atoms with E-state index in [0.29, 0.717) is 17.1 Å². The number of aromatic nitrogens is 2. The first-order chi connectivity index (χ1) is 16.2. The molecule has 1 aromatic heterocycles. The number of methoxy groups -OCH3 is 1. The van der Waals surface area contributed by atoms with E-state index in [9.17, 15) is 18.3 Å². The van der Waals surface area contributed by atoms with Crippen molar-refractivity contribution in [3.8, 4) is 17.1 Å². The van der Waals surface area contributed by atoms with Crippen molar-refractivity contribution in [3.63, 3.8) is 0 Å². The molecule has 1 aliphatic rings. The van der Waals surface area contributed by atoms with Gasteiger partial charge >= 0.3 is 5.97 Å². The van der Waals surface area contributed by atoms with Gasteiger partial charge in [0.15, 0.2) is 6.61 Å². The van der Waals surface area contributed by atoms with Crippen LogP contribution in [0.25, 0.3) is 11.4 Å². The lowest BCUT2D eigenvalue weighted by molar-refractivity contribution is -0.149. The van der Waals surface area contributed by atoms with Gasteiger partial charge in [0.1, 0.15) is 11.8 Å². The molecule has 0 amide bonds.